The number of nitrogens with two attached hydrogens (primary N) is 1. The number of hydrogen-bond donors (Lipinski definition) is 3. The summed E-state index contributed by atoms with van der Waals surface area (Å²) >= 11 is 1.12. The summed E-state index contributed by atoms with van der Waals surface area (Å²) in [6.07, 6.45) is 0.493. The van der Waals surface area contributed by atoms with E-state index in [1.165, 1.54) is 4.68 Å². The van der Waals surface area contributed by atoms with Gasteiger partial charge in [-0.15, -0.1) is 10.2 Å². The summed E-state index contributed by atoms with van der Waals surface area (Å²) in [4.78, 5) is 23.9. The second-order valence-electron chi connectivity index (χ2n) is 5.95. The van der Waals surface area contributed by atoms with E-state index in [4.69, 9.17) is 10.6 Å². The summed E-state index contributed by atoms with van der Waals surface area (Å²) in [5.41, 5.74) is 6.17. The van der Waals surface area contributed by atoms with Gasteiger partial charge in [0, 0.05) is 12.0 Å². The fourth-order valence-electron chi connectivity index (χ4n) is 2.41. The highest BCUT2D eigenvalue weighted by molar-refractivity contribution is 7.99. The van der Waals surface area contributed by atoms with Crippen LogP contribution in [0.25, 0.3) is 0 Å². The lowest BCUT2D eigenvalue weighted by Gasteiger charge is -2.07. The van der Waals surface area contributed by atoms with Crippen molar-refractivity contribution < 1.29 is 14.3 Å². The molecule has 2 amide bonds. The van der Waals surface area contributed by atoms with Crippen molar-refractivity contribution in [3.8, 4) is 5.75 Å². The molecule has 9 nitrogen and oxygen atoms in total. The summed E-state index contributed by atoms with van der Waals surface area (Å²) in [6, 6.07) is 16.1. The predicted octanol–water partition coefficient (Wildman–Crippen LogP) is 1.14. The van der Waals surface area contributed by atoms with E-state index in [2.05, 4.69) is 21.0 Å². The van der Waals surface area contributed by atoms with Crippen molar-refractivity contribution in [2.75, 3.05) is 18.7 Å². The Balaban J connectivity index is 1.49. The molecule has 0 radical (unpaired) electrons. The van der Waals surface area contributed by atoms with E-state index in [0.717, 1.165) is 23.1 Å². The van der Waals surface area contributed by atoms with Crippen molar-refractivity contribution >= 4 is 23.6 Å². The van der Waals surface area contributed by atoms with Crippen LogP contribution in [0.15, 0.2) is 59.8 Å². The lowest BCUT2D eigenvalue weighted by Crippen LogP contribution is -2.42. The summed E-state index contributed by atoms with van der Waals surface area (Å²) < 4.78 is 6.49. The first-order valence-electron chi connectivity index (χ1n) is 8.66. The smallest absolute Gasteiger partial charge is 0.269 e. The molecular formula is C19H20N6O3S. The number of aromatic nitrogens is 3. The Bertz CT molecular complexity index is 975. The molecule has 0 bridgehead atoms. The molecule has 0 saturated heterocycles. The van der Waals surface area contributed by atoms with Crippen LogP contribution < -0.4 is 21.4 Å². The molecule has 0 unspecified atom stereocenters. The molecule has 2 aromatic carbocycles. The summed E-state index contributed by atoms with van der Waals surface area (Å²) in [5, 5.41) is 8.50. The Labute approximate surface area is 171 Å². The normalized spacial score (nSPS) is 10.4. The van der Waals surface area contributed by atoms with Crippen LogP contribution in [0, 0.1) is 0 Å². The van der Waals surface area contributed by atoms with Gasteiger partial charge in [-0.25, -0.2) is 4.68 Å². The van der Waals surface area contributed by atoms with Gasteiger partial charge in [0.2, 0.25) is 11.1 Å². The zero-order valence-corrected chi connectivity index (χ0v) is 16.5. The number of rotatable bonds is 7. The molecule has 0 aliphatic heterocycles. The summed E-state index contributed by atoms with van der Waals surface area (Å²) in [7, 11) is 1.61. The van der Waals surface area contributed by atoms with Crippen LogP contribution in [0.5, 0.6) is 5.75 Å². The molecule has 10 heteroatoms. The minimum atomic E-state index is -0.396. The molecule has 1 heterocycles. The largest absolute Gasteiger partial charge is 0.497 e. The highest BCUT2D eigenvalue weighted by Crippen LogP contribution is 2.17. The molecule has 0 spiro atoms. The van der Waals surface area contributed by atoms with Crippen molar-refractivity contribution in [1.29, 1.82) is 0 Å². The number of carbonyl (C=O) groups excluding carboxylic acids is 2. The van der Waals surface area contributed by atoms with Crippen molar-refractivity contribution in [3.05, 3.63) is 71.5 Å². The molecule has 0 aliphatic carbocycles. The molecule has 29 heavy (non-hydrogen) atoms. The number of ether oxygens (including phenoxy) is 1. The number of hydrogen-bond acceptors (Lipinski definition) is 7. The van der Waals surface area contributed by atoms with Gasteiger partial charge in [0.15, 0.2) is 5.82 Å². The number of thioether (sulfide) groups is 1. The van der Waals surface area contributed by atoms with Crippen LogP contribution in [-0.4, -0.2) is 39.6 Å². The fourth-order valence-corrected chi connectivity index (χ4v) is 3.08. The van der Waals surface area contributed by atoms with Crippen molar-refractivity contribution in [3.63, 3.8) is 0 Å². The quantitative estimate of drug-likeness (QED) is 0.302. The molecule has 3 aromatic rings. The van der Waals surface area contributed by atoms with Crippen molar-refractivity contribution in [1.82, 2.24) is 25.7 Å². The lowest BCUT2D eigenvalue weighted by atomic mass is 10.1. The molecule has 4 N–H and O–H groups in total. The first-order valence-corrected chi connectivity index (χ1v) is 9.64. The summed E-state index contributed by atoms with van der Waals surface area (Å²) in [5.74, 6) is 6.61. The second-order valence-corrected chi connectivity index (χ2v) is 6.89. The van der Waals surface area contributed by atoms with Gasteiger partial charge in [-0.3, -0.25) is 20.4 Å². The number of amides is 2. The van der Waals surface area contributed by atoms with Crippen LogP contribution in [0.4, 0.5) is 0 Å². The van der Waals surface area contributed by atoms with Crippen LogP contribution in [0.3, 0.4) is 0 Å². The molecule has 0 fully saturated rings. The third-order valence-corrected chi connectivity index (χ3v) is 4.88. The Morgan fingerprint density at radius 3 is 2.48 bits per heavy atom. The number of carbonyl (C=O) groups is 2. The van der Waals surface area contributed by atoms with Crippen molar-refractivity contribution in [2.45, 2.75) is 11.6 Å². The standard InChI is InChI=1S/C19H20N6O3S/c1-28-15-9-7-13(8-10-15)11-16-21-24-19(25(16)20)29-12-17(26)22-23-18(27)14-5-3-2-4-6-14/h2-10H,11-12,20H2,1H3,(H,22,26)(H,23,27). The Morgan fingerprint density at radius 1 is 1.07 bits per heavy atom. The SMILES string of the molecule is COc1ccc(Cc2nnc(SCC(=O)NNC(=O)c3ccccc3)n2N)cc1. The minimum Gasteiger partial charge on any atom is -0.497 e. The maximum Gasteiger partial charge on any atom is 0.269 e. The third-order valence-electron chi connectivity index (χ3n) is 3.94. The van der Waals surface area contributed by atoms with Gasteiger partial charge in [-0.2, -0.15) is 0 Å². The number of methoxy groups -OCH3 is 1. The topological polar surface area (TPSA) is 124 Å². The number of hydrazine groups is 1. The minimum absolute atomic E-state index is 0.0208. The number of nitrogen functional groups attached to an aromatic ring is 1. The van der Waals surface area contributed by atoms with Crippen molar-refractivity contribution in [2.24, 2.45) is 0 Å². The van der Waals surface area contributed by atoms with Gasteiger partial charge >= 0.3 is 0 Å². The first kappa shape index (κ1) is 20.2. The predicted molar refractivity (Wildman–Crippen MR) is 109 cm³/mol. The van der Waals surface area contributed by atoms with E-state index < -0.39 is 5.91 Å². The molecule has 0 saturated carbocycles. The maximum atomic E-state index is 12.0. The maximum absolute atomic E-state index is 12.0. The average Bonchev–Trinajstić information content (AvgIpc) is 3.11. The van der Waals surface area contributed by atoms with Gasteiger partial charge in [0.05, 0.1) is 12.9 Å². The molecule has 3 rings (SSSR count). The fraction of sp³-hybridized carbons (Fsp3) is 0.158. The zero-order chi connectivity index (χ0) is 20.6. The second kappa shape index (κ2) is 9.60. The number of nitrogens with one attached hydrogen (secondary N) is 2. The van der Waals surface area contributed by atoms with E-state index in [0.29, 0.717) is 23.0 Å². The molecule has 1 aromatic heterocycles. The van der Waals surface area contributed by atoms with Crippen LogP contribution >= 0.6 is 11.8 Å². The van der Waals surface area contributed by atoms with Crippen LogP contribution in [0.1, 0.15) is 21.7 Å². The van der Waals surface area contributed by atoms with E-state index in [-0.39, 0.29) is 11.7 Å². The Hall–Kier alpha value is -3.53. The van der Waals surface area contributed by atoms with Gasteiger partial charge in [0.25, 0.3) is 5.91 Å². The summed E-state index contributed by atoms with van der Waals surface area (Å²) in [6.45, 7) is 0. The Morgan fingerprint density at radius 2 is 1.79 bits per heavy atom. The molecule has 150 valence electrons. The molecular weight excluding hydrogens is 392 g/mol. The zero-order valence-electron chi connectivity index (χ0n) is 15.7. The molecule has 0 atom stereocenters. The number of nitrogens with zero attached hydrogens (tertiary/aromatic N) is 3. The van der Waals surface area contributed by atoms with Gasteiger partial charge in [-0.1, -0.05) is 42.1 Å². The van der Waals surface area contributed by atoms with E-state index in [1.54, 1.807) is 37.4 Å². The van der Waals surface area contributed by atoms with E-state index >= 15 is 0 Å². The third kappa shape index (κ3) is 5.48. The van der Waals surface area contributed by atoms with Gasteiger partial charge < -0.3 is 10.6 Å². The average molecular weight is 412 g/mol. The molecule has 0 aliphatic rings. The monoisotopic (exact) mass is 412 g/mol. The van der Waals surface area contributed by atoms with Crippen LogP contribution in [0.2, 0.25) is 0 Å². The van der Waals surface area contributed by atoms with Gasteiger partial charge in [0.1, 0.15) is 5.75 Å². The Kier molecular flexibility index (Phi) is 6.69. The first-order chi connectivity index (χ1) is 14.1. The highest BCUT2D eigenvalue weighted by Gasteiger charge is 2.13. The van der Waals surface area contributed by atoms with E-state index in [9.17, 15) is 9.59 Å². The lowest BCUT2D eigenvalue weighted by molar-refractivity contribution is -0.119. The van der Waals surface area contributed by atoms with E-state index in [1.807, 2.05) is 24.3 Å². The van der Waals surface area contributed by atoms with Gasteiger partial charge in [-0.05, 0) is 29.8 Å². The highest BCUT2D eigenvalue weighted by atomic mass is 32.2. The van der Waals surface area contributed by atoms with Crippen LogP contribution in [-0.2, 0) is 11.2 Å². The number of benzene rings is 2.